The summed E-state index contributed by atoms with van der Waals surface area (Å²) in [5.41, 5.74) is 0. The molecule has 0 bridgehead atoms. The van der Waals surface area contributed by atoms with Crippen LogP contribution in [0.2, 0.25) is 0 Å². The lowest BCUT2D eigenvalue weighted by molar-refractivity contribution is -0.114. The maximum atomic E-state index is 12.2. The minimum absolute atomic E-state index is 0.0956. The number of nitrogens with zero attached hydrogens (tertiary/aromatic N) is 4. The van der Waals surface area contributed by atoms with Crippen LogP contribution in [-0.4, -0.2) is 53.1 Å². The molecule has 0 aromatic carbocycles. The van der Waals surface area contributed by atoms with Gasteiger partial charge in [-0.2, -0.15) is 0 Å². The summed E-state index contributed by atoms with van der Waals surface area (Å²) in [7, 11) is 0. The van der Waals surface area contributed by atoms with Gasteiger partial charge in [-0.1, -0.05) is 0 Å². The van der Waals surface area contributed by atoms with Crippen LogP contribution in [0.1, 0.15) is 17.5 Å². The molecule has 0 atom stereocenters. The van der Waals surface area contributed by atoms with E-state index in [1.807, 2.05) is 6.07 Å². The SMILES string of the molecule is CC(=O)Nc1ccc(N2CCN(C(=O)c3ccco3)CC2)nn1. The van der Waals surface area contributed by atoms with Gasteiger partial charge in [0.2, 0.25) is 5.91 Å². The summed E-state index contributed by atoms with van der Waals surface area (Å²) in [6, 6.07) is 6.89. The number of anilines is 2. The van der Waals surface area contributed by atoms with Crippen molar-refractivity contribution in [3.63, 3.8) is 0 Å². The highest BCUT2D eigenvalue weighted by Gasteiger charge is 2.24. The van der Waals surface area contributed by atoms with Crippen molar-refractivity contribution in [2.24, 2.45) is 0 Å². The van der Waals surface area contributed by atoms with Crippen LogP contribution in [0.15, 0.2) is 34.9 Å². The second-order valence-electron chi connectivity index (χ2n) is 5.21. The predicted octanol–water partition coefficient (Wildman–Crippen LogP) is 0.990. The summed E-state index contributed by atoms with van der Waals surface area (Å²) >= 11 is 0. The molecule has 3 heterocycles. The molecule has 0 saturated carbocycles. The molecule has 1 saturated heterocycles. The van der Waals surface area contributed by atoms with Crippen molar-refractivity contribution in [3.8, 4) is 0 Å². The first-order valence-electron chi connectivity index (χ1n) is 7.32. The number of rotatable bonds is 3. The third-order valence-electron chi connectivity index (χ3n) is 3.58. The van der Waals surface area contributed by atoms with Crippen LogP contribution in [0.5, 0.6) is 0 Å². The minimum Gasteiger partial charge on any atom is -0.459 e. The van der Waals surface area contributed by atoms with Crippen LogP contribution in [-0.2, 0) is 4.79 Å². The van der Waals surface area contributed by atoms with Crippen molar-refractivity contribution in [3.05, 3.63) is 36.3 Å². The number of hydrogen-bond acceptors (Lipinski definition) is 6. The zero-order valence-electron chi connectivity index (χ0n) is 12.7. The molecule has 0 spiro atoms. The molecule has 2 amide bonds. The lowest BCUT2D eigenvalue weighted by Gasteiger charge is -2.34. The molecular formula is C15H17N5O3. The number of carbonyl (C=O) groups is 2. The van der Waals surface area contributed by atoms with Gasteiger partial charge in [0.05, 0.1) is 6.26 Å². The van der Waals surface area contributed by atoms with Gasteiger partial charge in [0.1, 0.15) is 0 Å². The van der Waals surface area contributed by atoms with Crippen LogP contribution < -0.4 is 10.2 Å². The van der Waals surface area contributed by atoms with Crippen molar-refractivity contribution >= 4 is 23.5 Å². The molecule has 2 aromatic rings. The standard InChI is InChI=1S/C15H17N5O3/c1-11(21)16-13-4-5-14(18-17-13)19-6-8-20(9-7-19)15(22)12-3-2-10-23-12/h2-5,10H,6-9H2,1H3,(H,16,17,21). The monoisotopic (exact) mass is 315 g/mol. The average Bonchev–Trinajstić information content (AvgIpc) is 3.09. The fraction of sp³-hybridized carbons (Fsp3) is 0.333. The van der Waals surface area contributed by atoms with Crippen LogP contribution >= 0.6 is 0 Å². The first-order valence-corrected chi connectivity index (χ1v) is 7.32. The molecule has 1 aliphatic heterocycles. The average molecular weight is 315 g/mol. The van der Waals surface area contributed by atoms with Crippen molar-refractivity contribution in [2.75, 3.05) is 36.4 Å². The lowest BCUT2D eigenvalue weighted by atomic mass is 10.3. The Labute approximate surface area is 133 Å². The molecule has 1 aliphatic rings. The van der Waals surface area contributed by atoms with Gasteiger partial charge in [0.25, 0.3) is 5.91 Å². The molecule has 1 N–H and O–H groups in total. The van der Waals surface area contributed by atoms with E-state index in [9.17, 15) is 9.59 Å². The first kappa shape index (κ1) is 15.0. The zero-order valence-corrected chi connectivity index (χ0v) is 12.7. The van der Waals surface area contributed by atoms with Gasteiger partial charge in [-0.05, 0) is 24.3 Å². The maximum Gasteiger partial charge on any atom is 0.289 e. The van der Waals surface area contributed by atoms with Crippen molar-refractivity contribution in [1.82, 2.24) is 15.1 Å². The number of amides is 2. The predicted molar refractivity (Wildman–Crippen MR) is 83.2 cm³/mol. The summed E-state index contributed by atoms with van der Waals surface area (Å²) in [4.78, 5) is 27.0. The van der Waals surface area contributed by atoms with Gasteiger partial charge >= 0.3 is 0 Å². The van der Waals surface area contributed by atoms with E-state index >= 15 is 0 Å². The van der Waals surface area contributed by atoms with Crippen LogP contribution in [0, 0.1) is 0 Å². The second-order valence-corrected chi connectivity index (χ2v) is 5.21. The topological polar surface area (TPSA) is 91.6 Å². The second kappa shape index (κ2) is 6.47. The number of nitrogens with one attached hydrogen (secondary N) is 1. The number of piperazine rings is 1. The first-order chi connectivity index (χ1) is 11.1. The van der Waals surface area contributed by atoms with E-state index in [0.29, 0.717) is 37.8 Å². The van der Waals surface area contributed by atoms with Gasteiger partial charge in [-0.3, -0.25) is 9.59 Å². The Kier molecular flexibility index (Phi) is 4.22. The Morgan fingerprint density at radius 1 is 1.13 bits per heavy atom. The van der Waals surface area contributed by atoms with Crippen molar-refractivity contribution in [1.29, 1.82) is 0 Å². The molecule has 120 valence electrons. The van der Waals surface area contributed by atoms with Gasteiger partial charge in [-0.15, -0.1) is 10.2 Å². The van der Waals surface area contributed by atoms with Gasteiger partial charge in [-0.25, -0.2) is 0 Å². The molecule has 8 nitrogen and oxygen atoms in total. The molecule has 0 unspecified atom stereocenters. The molecule has 1 fully saturated rings. The molecular weight excluding hydrogens is 298 g/mol. The Bertz CT molecular complexity index is 676. The third kappa shape index (κ3) is 3.47. The molecule has 2 aromatic heterocycles. The maximum absolute atomic E-state index is 12.2. The Morgan fingerprint density at radius 2 is 1.91 bits per heavy atom. The Balaban J connectivity index is 1.58. The van der Waals surface area contributed by atoms with Crippen LogP contribution in [0.3, 0.4) is 0 Å². The van der Waals surface area contributed by atoms with E-state index in [0.717, 1.165) is 5.82 Å². The highest BCUT2D eigenvalue weighted by atomic mass is 16.3. The van der Waals surface area contributed by atoms with E-state index < -0.39 is 0 Å². The molecule has 0 aliphatic carbocycles. The van der Waals surface area contributed by atoms with Crippen molar-refractivity contribution < 1.29 is 14.0 Å². The molecule has 0 radical (unpaired) electrons. The van der Waals surface area contributed by atoms with Crippen molar-refractivity contribution in [2.45, 2.75) is 6.92 Å². The number of hydrogen-bond donors (Lipinski definition) is 1. The Morgan fingerprint density at radius 3 is 2.48 bits per heavy atom. The van der Waals surface area contributed by atoms with Gasteiger partial charge in [0, 0.05) is 33.1 Å². The summed E-state index contributed by atoms with van der Waals surface area (Å²) < 4.78 is 5.14. The smallest absolute Gasteiger partial charge is 0.289 e. The number of furan rings is 1. The highest BCUT2D eigenvalue weighted by molar-refractivity contribution is 5.91. The van der Waals surface area contributed by atoms with E-state index in [1.165, 1.54) is 13.2 Å². The van der Waals surface area contributed by atoms with E-state index in [1.54, 1.807) is 23.1 Å². The molecule has 23 heavy (non-hydrogen) atoms. The van der Waals surface area contributed by atoms with Gasteiger partial charge < -0.3 is 19.5 Å². The van der Waals surface area contributed by atoms with E-state index in [4.69, 9.17) is 4.42 Å². The molecule has 8 heteroatoms. The summed E-state index contributed by atoms with van der Waals surface area (Å²) in [5, 5.41) is 10.7. The third-order valence-corrected chi connectivity index (χ3v) is 3.58. The van der Waals surface area contributed by atoms with E-state index in [2.05, 4.69) is 20.4 Å². The normalized spacial score (nSPS) is 14.7. The minimum atomic E-state index is -0.183. The fourth-order valence-corrected chi connectivity index (χ4v) is 2.44. The summed E-state index contributed by atoms with van der Waals surface area (Å²) in [6.07, 6.45) is 1.50. The fourth-order valence-electron chi connectivity index (χ4n) is 2.44. The Hall–Kier alpha value is -2.90. The highest BCUT2D eigenvalue weighted by Crippen LogP contribution is 2.16. The largest absolute Gasteiger partial charge is 0.459 e. The van der Waals surface area contributed by atoms with E-state index in [-0.39, 0.29) is 11.8 Å². The quantitative estimate of drug-likeness (QED) is 0.908. The summed E-state index contributed by atoms with van der Waals surface area (Å²) in [5.74, 6) is 1.23. The lowest BCUT2D eigenvalue weighted by Crippen LogP contribution is -2.49. The number of aromatic nitrogens is 2. The van der Waals surface area contributed by atoms with Gasteiger partial charge in [0.15, 0.2) is 17.4 Å². The molecule has 3 rings (SSSR count). The summed E-state index contributed by atoms with van der Waals surface area (Å²) in [6.45, 7) is 3.94. The van der Waals surface area contributed by atoms with Crippen LogP contribution in [0.4, 0.5) is 11.6 Å². The number of carbonyl (C=O) groups excluding carboxylic acids is 2. The van der Waals surface area contributed by atoms with Crippen LogP contribution in [0.25, 0.3) is 0 Å². The zero-order chi connectivity index (χ0) is 16.2.